The summed E-state index contributed by atoms with van der Waals surface area (Å²) in [7, 11) is 0. The molecule has 0 unspecified atom stereocenters. The molecule has 4 nitrogen and oxygen atoms in total. The molecule has 0 heterocycles. The lowest BCUT2D eigenvalue weighted by atomic mass is 10.0. The zero-order valence-electron chi connectivity index (χ0n) is 17.1. The van der Waals surface area contributed by atoms with Crippen molar-refractivity contribution in [3.8, 4) is 11.8 Å². The van der Waals surface area contributed by atoms with Crippen LogP contribution in [0, 0.1) is 11.3 Å². The lowest BCUT2D eigenvalue weighted by molar-refractivity contribution is -0.117. The van der Waals surface area contributed by atoms with E-state index in [0.29, 0.717) is 12.4 Å². The van der Waals surface area contributed by atoms with Crippen molar-refractivity contribution in [2.45, 2.75) is 38.3 Å². The Hall–Kier alpha value is -3.10. The van der Waals surface area contributed by atoms with Crippen molar-refractivity contribution in [1.29, 1.82) is 5.26 Å². The van der Waals surface area contributed by atoms with Gasteiger partial charge in [-0.05, 0) is 53.5 Å². The predicted octanol–water partition coefficient (Wildman–Crippen LogP) is 6.15. The maximum absolute atomic E-state index is 12.7. The minimum atomic E-state index is -0.318. The van der Waals surface area contributed by atoms with Crippen molar-refractivity contribution >= 4 is 38.7 Å². The molecule has 0 saturated heterocycles. The molecule has 31 heavy (non-hydrogen) atoms. The molecule has 3 aromatic rings. The molecule has 0 bridgehead atoms. The highest BCUT2D eigenvalue weighted by Gasteiger charge is 2.20. The van der Waals surface area contributed by atoms with E-state index in [0.717, 1.165) is 52.1 Å². The molecule has 0 atom stereocenters. The maximum atomic E-state index is 12.7. The molecule has 1 aliphatic rings. The van der Waals surface area contributed by atoms with Crippen LogP contribution in [0.3, 0.4) is 0 Å². The number of halogens is 1. The molecular weight excluding hydrogens is 452 g/mol. The molecule has 3 aromatic carbocycles. The van der Waals surface area contributed by atoms with Gasteiger partial charge in [0.05, 0.1) is 0 Å². The van der Waals surface area contributed by atoms with Crippen LogP contribution in [0.4, 0.5) is 0 Å². The van der Waals surface area contributed by atoms with Crippen LogP contribution in [0.5, 0.6) is 5.75 Å². The van der Waals surface area contributed by atoms with Crippen LogP contribution in [-0.2, 0) is 11.4 Å². The molecule has 0 radical (unpaired) electrons. The Morgan fingerprint density at radius 3 is 2.58 bits per heavy atom. The summed E-state index contributed by atoms with van der Waals surface area (Å²) in [4.78, 5) is 12.7. The fourth-order valence-electron chi connectivity index (χ4n) is 3.92. The third-order valence-electron chi connectivity index (χ3n) is 5.58. The van der Waals surface area contributed by atoms with Crippen molar-refractivity contribution in [2.75, 3.05) is 0 Å². The molecule has 1 fully saturated rings. The van der Waals surface area contributed by atoms with Crippen molar-refractivity contribution in [1.82, 2.24) is 5.32 Å². The number of ether oxygens (including phenoxy) is 1. The Labute approximate surface area is 190 Å². The summed E-state index contributed by atoms with van der Waals surface area (Å²) >= 11 is 3.44. The Kier molecular flexibility index (Phi) is 6.69. The molecule has 1 aliphatic carbocycles. The van der Waals surface area contributed by atoms with Gasteiger partial charge in [-0.25, -0.2) is 0 Å². The maximum Gasteiger partial charge on any atom is 0.262 e. The Balaban J connectivity index is 1.67. The van der Waals surface area contributed by atoms with Crippen molar-refractivity contribution < 1.29 is 9.53 Å². The minimum Gasteiger partial charge on any atom is -0.488 e. The fourth-order valence-corrected chi connectivity index (χ4v) is 4.18. The number of benzene rings is 3. The van der Waals surface area contributed by atoms with Gasteiger partial charge in [0, 0.05) is 16.1 Å². The molecule has 1 amide bonds. The van der Waals surface area contributed by atoms with Crippen LogP contribution in [0.15, 0.2) is 70.7 Å². The van der Waals surface area contributed by atoms with E-state index in [1.54, 1.807) is 6.08 Å². The van der Waals surface area contributed by atoms with Gasteiger partial charge in [-0.1, -0.05) is 71.2 Å². The summed E-state index contributed by atoms with van der Waals surface area (Å²) in [5.41, 5.74) is 1.87. The zero-order valence-corrected chi connectivity index (χ0v) is 18.7. The molecule has 0 aliphatic heterocycles. The van der Waals surface area contributed by atoms with Crippen LogP contribution < -0.4 is 10.1 Å². The molecule has 156 valence electrons. The molecule has 4 rings (SSSR count). The van der Waals surface area contributed by atoms with Crippen LogP contribution in [0.25, 0.3) is 16.8 Å². The van der Waals surface area contributed by atoms with Gasteiger partial charge in [0.25, 0.3) is 5.91 Å². The van der Waals surface area contributed by atoms with E-state index in [1.807, 2.05) is 60.7 Å². The van der Waals surface area contributed by atoms with Gasteiger partial charge in [-0.3, -0.25) is 4.79 Å². The highest BCUT2D eigenvalue weighted by atomic mass is 79.9. The van der Waals surface area contributed by atoms with Gasteiger partial charge < -0.3 is 10.1 Å². The van der Waals surface area contributed by atoms with E-state index in [1.165, 1.54) is 0 Å². The second-order valence-corrected chi connectivity index (χ2v) is 8.65. The smallest absolute Gasteiger partial charge is 0.262 e. The van der Waals surface area contributed by atoms with Crippen LogP contribution in [0.2, 0.25) is 0 Å². The number of hydrogen-bond acceptors (Lipinski definition) is 3. The average molecular weight is 475 g/mol. The Bertz CT molecular complexity index is 1160. The number of nitrogens with zero attached hydrogens (tertiary/aromatic N) is 1. The first-order chi connectivity index (χ1) is 15.1. The highest BCUT2D eigenvalue weighted by Crippen LogP contribution is 2.31. The second kappa shape index (κ2) is 9.80. The SMILES string of the molecule is N#C/C(=C/c1c(OCc2ccc(Br)cc2)ccc2ccccc12)C(=O)NC1CCCC1. The van der Waals surface area contributed by atoms with Gasteiger partial charge in [0.1, 0.15) is 24.0 Å². The second-order valence-electron chi connectivity index (χ2n) is 7.74. The first-order valence-electron chi connectivity index (χ1n) is 10.5. The lowest BCUT2D eigenvalue weighted by Crippen LogP contribution is -2.33. The highest BCUT2D eigenvalue weighted by molar-refractivity contribution is 9.10. The third kappa shape index (κ3) is 5.15. The molecule has 0 spiro atoms. The molecular formula is C26H23BrN2O2. The van der Waals surface area contributed by atoms with E-state index >= 15 is 0 Å². The van der Waals surface area contributed by atoms with E-state index in [4.69, 9.17) is 4.74 Å². The predicted molar refractivity (Wildman–Crippen MR) is 126 cm³/mol. The van der Waals surface area contributed by atoms with Crippen LogP contribution in [0.1, 0.15) is 36.8 Å². The van der Waals surface area contributed by atoms with Gasteiger partial charge in [-0.15, -0.1) is 0 Å². The first kappa shape index (κ1) is 21.1. The number of carbonyl (C=O) groups excluding carboxylic acids is 1. The summed E-state index contributed by atoms with van der Waals surface area (Å²) in [6.07, 6.45) is 5.84. The van der Waals surface area contributed by atoms with Gasteiger partial charge in [0.2, 0.25) is 0 Å². The quantitative estimate of drug-likeness (QED) is 0.344. The molecule has 1 saturated carbocycles. The number of nitrogens with one attached hydrogen (secondary N) is 1. The number of amides is 1. The summed E-state index contributed by atoms with van der Waals surface area (Å²) in [5.74, 6) is 0.323. The first-order valence-corrected chi connectivity index (χ1v) is 11.2. The number of rotatable bonds is 6. The number of hydrogen-bond donors (Lipinski definition) is 1. The van der Waals surface area contributed by atoms with Crippen molar-refractivity contribution in [3.05, 3.63) is 81.8 Å². The summed E-state index contributed by atoms with van der Waals surface area (Å²) < 4.78 is 7.14. The zero-order chi connectivity index (χ0) is 21.6. The van der Waals surface area contributed by atoms with Gasteiger partial charge in [-0.2, -0.15) is 5.26 Å². The van der Waals surface area contributed by atoms with E-state index in [9.17, 15) is 10.1 Å². The summed E-state index contributed by atoms with van der Waals surface area (Å²) in [6.45, 7) is 0.391. The van der Waals surface area contributed by atoms with Crippen LogP contribution >= 0.6 is 15.9 Å². The van der Waals surface area contributed by atoms with E-state index in [2.05, 4.69) is 27.3 Å². The topological polar surface area (TPSA) is 62.1 Å². The molecule has 1 N–H and O–H groups in total. The van der Waals surface area contributed by atoms with Crippen molar-refractivity contribution in [2.24, 2.45) is 0 Å². The molecule has 0 aromatic heterocycles. The average Bonchev–Trinajstić information content (AvgIpc) is 3.30. The summed E-state index contributed by atoms with van der Waals surface area (Å²) in [5, 5.41) is 14.7. The number of nitriles is 1. The lowest BCUT2D eigenvalue weighted by Gasteiger charge is -2.14. The van der Waals surface area contributed by atoms with Gasteiger partial charge in [0.15, 0.2) is 0 Å². The number of fused-ring (bicyclic) bond motifs is 1. The fraction of sp³-hybridized carbons (Fsp3) is 0.231. The van der Waals surface area contributed by atoms with E-state index in [-0.39, 0.29) is 17.5 Å². The normalized spacial score (nSPS) is 14.4. The van der Waals surface area contributed by atoms with Crippen molar-refractivity contribution in [3.63, 3.8) is 0 Å². The largest absolute Gasteiger partial charge is 0.488 e. The van der Waals surface area contributed by atoms with Gasteiger partial charge >= 0.3 is 0 Å². The minimum absolute atomic E-state index is 0.0942. The standard InChI is InChI=1S/C26H23BrN2O2/c27-21-12-9-18(10-13-21)17-31-25-14-11-19-5-1-4-8-23(19)24(25)15-20(16-28)26(30)29-22-6-2-3-7-22/h1,4-5,8-15,22H,2-3,6-7,17H2,(H,29,30)/b20-15-. The monoisotopic (exact) mass is 474 g/mol. The van der Waals surface area contributed by atoms with E-state index < -0.39 is 0 Å². The third-order valence-corrected chi connectivity index (χ3v) is 6.11. The molecule has 5 heteroatoms. The van der Waals surface area contributed by atoms with Crippen LogP contribution in [-0.4, -0.2) is 11.9 Å². The summed E-state index contributed by atoms with van der Waals surface area (Å²) in [6, 6.07) is 22.0. The Morgan fingerprint density at radius 1 is 1.10 bits per heavy atom. The Morgan fingerprint density at radius 2 is 1.84 bits per heavy atom. The number of carbonyl (C=O) groups is 1.